The Kier molecular flexibility index (Phi) is 5.53. The van der Waals surface area contributed by atoms with Crippen LogP contribution in [0.1, 0.15) is 32.4 Å². The number of aromatic nitrogens is 1. The number of carbonyl (C=O) groups excluding carboxylic acids is 1. The van der Waals surface area contributed by atoms with Gasteiger partial charge in [-0.1, -0.05) is 6.07 Å². The molecule has 0 spiro atoms. The van der Waals surface area contributed by atoms with Crippen LogP contribution in [0.25, 0.3) is 0 Å². The maximum Gasteiger partial charge on any atom is 0.228 e. The van der Waals surface area contributed by atoms with Crippen LogP contribution in [0.3, 0.4) is 0 Å². The van der Waals surface area contributed by atoms with E-state index in [1.807, 2.05) is 23.1 Å². The Bertz CT molecular complexity index is 413. The fourth-order valence-corrected chi connectivity index (χ4v) is 2.70. The first-order valence-electron chi connectivity index (χ1n) is 7.57. The fourth-order valence-electron chi connectivity index (χ4n) is 2.70. The SMILES string of the molecule is CC(C)N(CC1CCNCC1)C(=O)Cc1ccccn1. The summed E-state index contributed by atoms with van der Waals surface area (Å²) in [5.74, 6) is 0.823. The smallest absolute Gasteiger partial charge is 0.228 e. The monoisotopic (exact) mass is 275 g/mol. The summed E-state index contributed by atoms with van der Waals surface area (Å²) in [4.78, 5) is 18.8. The van der Waals surface area contributed by atoms with Crippen molar-refractivity contribution in [1.29, 1.82) is 0 Å². The molecule has 0 bridgehead atoms. The molecule has 1 aliphatic heterocycles. The van der Waals surface area contributed by atoms with E-state index in [1.165, 1.54) is 12.8 Å². The number of nitrogens with one attached hydrogen (secondary N) is 1. The molecule has 0 aliphatic carbocycles. The maximum atomic E-state index is 12.5. The molecule has 1 N–H and O–H groups in total. The number of pyridine rings is 1. The van der Waals surface area contributed by atoms with Crippen molar-refractivity contribution in [3.05, 3.63) is 30.1 Å². The Morgan fingerprint density at radius 2 is 2.15 bits per heavy atom. The van der Waals surface area contributed by atoms with Crippen LogP contribution in [0.2, 0.25) is 0 Å². The van der Waals surface area contributed by atoms with E-state index in [0.717, 1.165) is 25.3 Å². The first kappa shape index (κ1) is 15.0. The zero-order valence-corrected chi connectivity index (χ0v) is 12.5. The molecule has 2 heterocycles. The Morgan fingerprint density at radius 3 is 2.75 bits per heavy atom. The number of amides is 1. The lowest BCUT2D eigenvalue weighted by atomic mass is 9.97. The second-order valence-electron chi connectivity index (χ2n) is 5.83. The van der Waals surface area contributed by atoms with Crippen LogP contribution in [-0.2, 0) is 11.2 Å². The van der Waals surface area contributed by atoms with Gasteiger partial charge in [-0.2, -0.15) is 0 Å². The fraction of sp³-hybridized carbons (Fsp3) is 0.625. The molecule has 4 heteroatoms. The largest absolute Gasteiger partial charge is 0.340 e. The third kappa shape index (κ3) is 4.30. The van der Waals surface area contributed by atoms with Crippen molar-refractivity contribution < 1.29 is 4.79 Å². The summed E-state index contributed by atoms with van der Waals surface area (Å²) in [5, 5.41) is 3.37. The zero-order chi connectivity index (χ0) is 14.4. The Balaban J connectivity index is 1.95. The summed E-state index contributed by atoms with van der Waals surface area (Å²) >= 11 is 0. The molecule has 1 fully saturated rings. The molecule has 0 saturated carbocycles. The van der Waals surface area contributed by atoms with Crippen molar-refractivity contribution in [1.82, 2.24) is 15.2 Å². The first-order valence-corrected chi connectivity index (χ1v) is 7.57. The molecule has 0 unspecified atom stereocenters. The second kappa shape index (κ2) is 7.39. The highest BCUT2D eigenvalue weighted by atomic mass is 16.2. The molecule has 0 radical (unpaired) electrons. The van der Waals surface area contributed by atoms with Crippen molar-refractivity contribution in [2.45, 2.75) is 39.2 Å². The molecule has 1 aromatic rings. The minimum Gasteiger partial charge on any atom is -0.340 e. The molecule has 2 rings (SSSR count). The Labute approximate surface area is 121 Å². The van der Waals surface area contributed by atoms with Crippen LogP contribution < -0.4 is 5.32 Å². The van der Waals surface area contributed by atoms with Gasteiger partial charge in [0.2, 0.25) is 5.91 Å². The summed E-state index contributed by atoms with van der Waals surface area (Å²) in [7, 11) is 0. The number of piperidine rings is 1. The van der Waals surface area contributed by atoms with Gasteiger partial charge in [-0.3, -0.25) is 9.78 Å². The normalized spacial score (nSPS) is 16.4. The minimum absolute atomic E-state index is 0.192. The van der Waals surface area contributed by atoms with Crippen LogP contribution in [0, 0.1) is 5.92 Å². The van der Waals surface area contributed by atoms with Crippen LogP contribution in [0.15, 0.2) is 24.4 Å². The average molecular weight is 275 g/mol. The van der Waals surface area contributed by atoms with Crippen molar-refractivity contribution in [3.63, 3.8) is 0 Å². The molecule has 4 nitrogen and oxygen atoms in total. The van der Waals surface area contributed by atoms with E-state index in [0.29, 0.717) is 12.3 Å². The van der Waals surface area contributed by atoms with Gasteiger partial charge >= 0.3 is 0 Å². The highest BCUT2D eigenvalue weighted by Crippen LogP contribution is 2.16. The van der Waals surface area contributed by atoms with E-state index in [1.54, 1.807) is 6.20 Å². The second-order valence-corrected chi connectivity index (χ2v) is 5.83. The average Bonchev–Trinajstić information content (AvgIpc) is 2.46. The molecular weight excluding hydrogens is 250 g/mol. The van der Waals surface area contributed by atoms with Gasteiger partial charge < -0.3 is 10.2 Å². The molecule has 20 heavy (non-hydrogen) atoms. The standard InChI is InChI=1S/C16H25N3O/c1-13(2)19(12-14-6-9-17-10-7-14)16(20)11-15-5-3-4-8-18-15/h3-5,8,13-14,17H,6-7,9-12H2,1-2H3. The molecule has 110 valence electrons. The van der Waals surface area contributed by atoms with Gasteiger partial charge in [0.1, 0.15) is 0 Å². The van der Waals surface area contributed by atoms with Gasteiger partial charge in [-0.25, -0.2) is 0 Å². The lowest BCUT2D eigenvalue weighted by molar-refractivity contribution is -0.133. The first-order chi connectivity index (χ1) is 9.66. The minimum atomic E-state index is 0.192. The molecule has 1 aromatic heterocycles. The lowest BCUT2D eigenvalue weighted by Gasteiger charge is -2.33. The molecule has 1 aliphatic rings. The van der Waals surface area contributed by atoms with Crippen LogP contribution >= 0.6 is 0 Å². The van der Waals surface area contributed by atoms with Crippen LogP contribution in [-0.4, -0.2) is 41.5 Å². The number of hydrogen-bond acceptors (Lipinski definition) is 3. The van der Waals surface area contributed by atoms with Gasteiger partial charge in [0, 0.05) is 24.5 Å². The van der Waals surface area contributed by atoms with E-state index in [4.69, 9.17) is 0 Å². The van der Waals surface area contributed by atoms with E-state index >= 15 is 0 Å². The Morgan fingerprint density at radius 1 is 1.40 bits per heavy atom. The van der Waals surface area contributed by atoms with Crippen LogP contribution in [0.4, 0.5) is 0 Å². The molecule has 0 aromatic carbocycles. The highest BCUT2D eigenvalue weighted by Gasteiger charge is 2.23. The summed E-state index contributed by atoms with van der Waals surface area (Å²) in [5.41, 5.74) is 0.855. The molecular formula is C16H25N3O. The van der Waals surface area contributed by atoms with E-state index in [-0.39, 0.29) is 11.9 Å². The third-order valence-electron chi connectivity index (χ3n) is 3.92. The summed E-state index contributed by atoms with van der Waals surface area (Å²) in [6, 6.07) is 5.98. The third-order valence-corrected chi connectivity index (χ3v) is 3.92. The summed E-state index contributed by atoms with van der Waals surface area (Å²) in [6.07, 6.45) is 4.49. The number of rotatable bonds is 5. The van der Waals surface area contributed by atoms with Crippen molar-refractivity contribution in [2.75, 3.05) is 19.6 Å². The predicted octanol–water partition coefficient (Wildman–Crippen LogP) is 1.86. The zero-order valence-electron chi connectivity index (χ0n) is 12.5. The maximum absolute atomic E-state index is 12.5. The Hall–Kier alpha value is -1.42. The quantitative estimate of drug-likeness (QED) is 0.892. The predicted molar refractivity (Wildman–Crippen MR) is 80.4 cm³/mol. The summed E-state index contributed by atoms with van der Waals surface area (Å²) in [6.45, 7) is 7.22. The van der Waals surface area contributed by atoms with Crippen molar-refractivity contribution in [2.24, 2.45) is 5.92 Å². The molecule has 1 amide bonds. The molecule has 1 saturated heterocycles. The lowest BCUT2D eigenvalue weighted by Crippen LogP contribution is -2.43. The van der Waals surface area contributed by atoms with Gasteiger partial charge in [0.15, 0.2) is 0 Å². The number of carbonyl (C=O) groups is 1. The summed E-state index contributed by atoms with van der Waals surface area (Å²) < 4.78 is 0. The van der Waals surface area contributed by atoms with Gasteiger partial charge in [0.25, 0.3) is 0 Å². The number of nitrogens with zero attached hydrogens (tertiary/aromatic N) is 2. The van der Waals surface area contributed by atoms with E-state index in [2.05, 4.69) is 24.1 Å². The van der Waals surface area contributed by atoms with Gasteiger partial charge in [-0.15, -0.1) is 0 Å². The number of hydrogen-bond donors (Lipinski definition) is 1. The molecule has 0 atom stereocenters. The van der Waals surface area contributed by atoms with Crippen molar-refractivity contribution in [3.8, 4) is 0 Å². The highest BCUT2D eigenvalue weighted by molar-refractivity contribution is 5.78. The van der Waals surface area contributed by atoms with E-state index < -0.39 is 0 Å². The van der Waals surface area contributed by atoms with Gasteiger partial charge in [-0.05, 0) is 57.8 Å². The van der Waals surface area contributed by atoms with Crippen molar-refractivity contribution >= 4 is 5.91 Å². The topological polar surface area (TPSA) is 45.2 Å². The van der Waals surface area contributed by atoms with Crippen LogP contribution in [0.5, 0.6) is 0 Å². The van der Waals surface area contributed by atoms with E-state index in [9.17, 15) is 4.79 Å². The van der Waals surface area contributed by atoms with Gasteiger partial charge in [0.05, 0.1) is 6.42 Å².